The number of ether oxygens (including phenoxy) is 4. The number of fused-ring (bicyclic) bond motifs is 1. The first-order valence-electron chi connectivity index (χ1n) is 10.8. The molecule has 36 heavy (non-hydrogen) atoms. The molecule has 3 aromatic carbocycles. The lowest BCUT2D eigenvalue weighted by Gasteiger charge is -2.26. The summed E-state index contributed by atoms with van der Waals surface area (Å²) in [5, 5.41) is 2.18. The molecule has 1 fully saturated rings. The van der Waals surface area contributed by atoms with Crippen LogP contribution in [-0.2, 0) is 16.2 Å². The molecule has 2 heterocycles. The SMILES string of the molecule is COc1cc(/C=C2\C(=O)NC(=O)N(c3ccc4c(c3)OCO4)C2=O)ccc1OCc1ccccc1F. The van der Waals surface area contributed by atoms with Crippen molar-refractivity contribution in [2.75, 3.05) is 18.8 Å². The summed E-state index contributed by atoms with van der Waals surface area (Å²) in [6.07, 6.45) is 1.34. The molecule has 0 saturated carbocycles. The first-order chi connectivity index (χ1) is 17.4. The van der Waals surface area contributed by atoms with Gasteiger partial charge in [0.1, 0.15) is 18.0 Å². The number of rotatable bonds is 6. The molecule has 10 heteroatoms. The Hall–Kier alpha value is -4.86. The fourth-order valence-electron chi connectivity index (χ4n) is 3.75. The highest BCUT2D eigenvalue weighted by atomic mass is 19.1. The number of benzene rings is 3. The molecule has 0 radical (unpaired) electrons. The van der Waals surface area contributed by atoms with Gasteiger partial charge in [-0.3, -0.25) is 14.9 Å². The minimum absolute atomic E-state index is 0.0169. The average Bonchev–Trinajstić information content (AvgIpc) is 3.34. The molecule has 5 rings (SSSR count). The number of nitrogens with one attached hydrogen (secondary N) is 1. The van der Waals surface area contributed by atoms with Crippen molar-refractivity contribution in [3.8, 4) is 23.0 Å². The van der Waals surface area contributed by atoms with Crippen molar-refractivity contribution in [2.24, 2.45) is 0 Å². The van der Waals surface area contributed by atoms with Gasteiger partial charge in [0.15, 0.2) is 23.0 Å². The quantitative estimate of drug-likeness (QED) is 0.414. The molecule has 0 atom stereocenters. The normalized spacial score (nSPS) is 15.8. The molecule has 2 aliphatic rings. The van der Waals surface area contributed by atoms with E-state index < -0.39 is 17.8 Å². The highest BCUT2D eigenvalue weighted by Gasteiger charge is 2.37. The molecule has 0 unspecified atom stereocenters. The van der Waals surface area contributed by atoms with Gasteiger partial charge in [0, 0.05) is 11.6 Å². The number of imide groups is 2. The predicted molar refractivity (Wildman–Crippen MR) is 125 cm³/mol. The molecule has 1 N–H and O–H groups in total. The molecule has 2 aliphatic heterocycles. The van der Waals surface area contributed by atoms with Crippen molar-refractivity contribution in [3.63, 3.8) is 0 Å². The van der Waals surface area contributed by atoms with Crippen molar-refractivity contribution < 1.29 is 37.7 Å². The third kappa shape index (κ3) is 4.31. The number of hydrogen-bond acceptors (Lipinski definition) is 7. The minimum atomic E-state index is -0.879. The number of methoxy groups -OCH3 is 1. The van der Waals surface area contributed by atoms with Gasteiger partial charge in [0.05, 0.1) is 12.8 Å². The first kappa shape index (κ1) is 22.9. The molecule has 0 aliphatic carbocycles. The minimum Gasteiger partial charge on any atom is -0.493 e. The van der Waals surface area contributed by atoms with E-state index in [1.807, 2.05) is 0 Å². The highest BCUT2D eigenvalue weighted by Crippen LogP contribution is 2.36. The lowest BCUT2D eigenvalue weighted by atomic mass is 10.1. The third-order valence-electron chi connectivity index (χ3n) is 5.56. The molecular weight excluding hydrogens is 471 g/mol. The topological polar surface area (TPSA) is 103 Å². The van der Waals surface area contributed by atoms with E-state index in [0.29, 0.717) is 34.1 Å². The van der Waals surface area contributed by atoms with Gasteiger partial charge in [-0.05, 0) is 42.0 Å². The second-order valence-electron chi connectivity index (χ2n) is 7.79. The molecule has 3 aromatic rings. The van der Waals surface area contributed by atoms with Crippen LogP contribution < -0.4 is 29.2 Å². The zero-order valence-corrected chi connectivity index (χ0v) is 18.9. The Labute approximate surface area is 204 Å². The summed E-state index contributed by atoms with van der Waals surface area (Å²) < 4.78 is 35.5. The molecule has 1 saturated heterocycles. The number of hydrogen-bond donors (Lipinski definition) is 1. The van der Waals surface area contributed by atoms with Crippen LogP contribution in [0.3, 0.4) is 0 Å². The van der Waals surface area contributed by atoms with Gasteiger partial charge in [-0.2, -0.15) is 0 Å². The maximum atomic E-state index is 13.9. The van der Waals surface area contributed by atoms with Crippen LogP contribution in [0.25, 0.3) is 6.08 Å². The number of urea groups is 1. The number of amides is 4. The molecule has 0 aromatic heterocycles. The van der Waals surface area contributed by atoms with Crippen molar-refractivity contribution in [2.45, 2.75) is 6.61 Å². The van der Waals surface area contributed by atoms with Crippen LogP contribution in [0.5, 0.6) is 23.0 Å². The number of nitrogens with zero attached hydrogens (tertiary/aromatic N) is 1. The Kier molecular flexibility index (Phi) is 5.99. The van der Waals surface area contributed by atoms with E-state index in [2.05, 4.69) is 5.32 Å². The van der Waals surface area contributed by atoms with Gasteiger partial charge < -0.3 is 18.9 Å². The number of halogens is 1. The van der Waals surface area contributed by atoms with E-state index in [0.717, 1.165) is 4.90 Å². The van der Waals surface area contributed by atoms with Crippen LogP contribution in [0.2, 0.25) is 0 Å². The van der Waals surface area contributed by atoms with E-state index in [-0.39, 0.29) is 30.5 Å². The number of barbiturate groups is 1. The van der Waals surface area contributed by atoms with E-state index in [4.69, 9.17) is 18.9 Å². The van der Waals surface area contributed by atoms with Crippen molar-refractivity contribution in [1.29, 1.82) is 0 Å². The summed E-state index contributed by atoms with van der Waals surface area (Å²) in [4.78, 5) is 39.0. The largest absolute Gasteiger partial charge is 0.493 e. The van der Waals surface area contributed by atoms with Crippen LogP contribution in [0.15, 0.2) is 66.2 Å². The van der Waals surface area contributed by atoms with Crippen molar-refractivity contribution in [1.82, 2.24) is 5.32 Å². The van der Waals surface area contributed by atoms with E-state index >= 15 is 0 Å². The molecule has 0 spiro atoms. The highest BCUT2D eigenvalue weighted by molar-refractivity contribution is 6.39. The number of anilines is 1. The maximum Gasteiger partial charge on any atom is 0.335 e. The predicted octanol–water partition coefficient (Wildman–Crippen LogP) is 3.81. The van der Waals surface area contributed by atoms with Crippen LogP contribution in [-0.4, -0.2) is 31.7 Å². The zero-order valence-electron chi connectivity index (χ0n) is 18.9. The summed E-state index contributed by atoms with van der Waals surface area (Å²) >= 11 is 0. The Morgan fingerprint density at radius 3 is 2.61 bits per heavy atom. The number of carbonyl (C=O) groups is 3. The van der Waals surface area contributed by atoms with Gasteiger partial charge in [-0.25, -0.2) is 14.1 Å². The standard InChI is InChI=1S/C26H19FN2O7/c1-33-22-11-15(6-8-20(22)34-13-16-4-2-3-5-19(16)27)10-18-24(30)28-26(32)29(25(18)31)17-7-9-21-23(12-17)36-14-35-21/h2-12H,13-14H2,1H3,(H,28,30,32)/b18-10+. The summed E-state index contributed by atoms with van der Waals surface area (Å²) in [6, 6.07) is 14.7. The fraction of sp³-hybridized carbons (Fsp3) is 0.115. The lowest BCUT2D eigenvalue weighted by Crippen LogP contribution is -2.54. The third-order valence-corrected chi connectivity index (χ3v) is 5.56. The Morgan fingerprint density at radius 1 is 1.00 bits per heavy atom. The fourth-order valence-corrected chi connectivity index (χ4v) is 3.75. The summed E-state index contributed by atoms with van der Waals surface area (Å²) in [7, 11) is 1.43. The average molecular weight is 490 g/mol. The van der Waals surface area contributed by atoms with Gasteiger partial charge in [-0.15, -0.1) is 0 Å². The second kappa shape index (κ2) is 9.41. The van der Waals surface area contributed by atoms with Gasteiger partial charge in [-0.1, -0.05) is 24.3 Å². The molecule has 0 bridgehead atoms. The Bertz CT molecular complexity index is 1420. The van der Waals surface area contributed by atoms with Crippen LogP contribution in [0.1, 0.15) is 11.1 Å². The Balaban J connectivity index is 1.40. The second-order valence-corrected chi connectivity index (χ2v) is 7.79. The van der Waals surface area contributed by atoms with Gasteiger partial charge >= 0.3 is 6.03 Å². The zero-order chi connectivity index (χ0) is 25.2. The summed E-state index contributed by atoms with van der Waals surface area (Å²) in [6.45, 7) is 0.0152. The van der Waals surface area contributed by atoms with Crippen LogP contribution in [0, 0.1) is 5.82 Å². The molecule has 9 nitrogen and oxygen atoms in total. The van der Waals surface area contributed by atoms with Crippen molar-refractivity contribution in [3.05, 3.63) is 83.2 Å². The molecule has 4 amide bonds. The first-order valence-corrected chi connectivity index (χ1v) is 10.8. The Morgan fingerprint density at radius 2 is 1.81 bits per heavy atom. The van der Waals surface area contributed by atoms with Crippen molar-refractivity contribution >= 4 is 29.6 Å². The van der Waals surface area contributed by atoms with E-state index in [1.54, 1.807) is 42.5 Å². The van der Waals surface area contributed by atoms with Gasteiger partial charge in [0.25, 0.3) is 11.8 Å². The monoisotopic (exact) mass is 490 g/mol. The smallest absolute Gasteiger partial charge is 0.335 e. The molecule has 182 valence electrons. The number of carbonyl (C=O) groups excluding carboxylic acids is 3. The van der Waals surface area contributed by atoms with E-state index in [1.165, 1.54) is 31.4 Å². The van der Waals surface area contributed by atoms with Crippen LogP contribution in [0.4, 0.5) is 14.9 Å². The van der Waals surface area contributed by atoms with Gasteiger partial charge in [0.2, 0.25) is 6.79 Å². The van der Waals surface area contributed by atoms with Crippen LogP contribution >= 0.6 is 0 Å². The maximum absolute atomic E-state index is 13.9. The summed E-state index contributed by atoms with van der Waals surface area (Å²) in [5.41, 5.74) is 0.788. The molecular formula is C26H19FN2O7. The van der Waals surface area contributed by atoms with E-state index in [9.17, 15) is 18.8 Å². The lowest BCUT2D eigenvalue weighted by molar-refractivity contribution is -0.122. The summed E-state index contributed by atoms with van der Waals surface area (Å²) in [5.74, 6) is -0.498.